The van der Waals surface area contributed by atoms with Crippen molar-refractivity contribution in [2.75, 3.05) is 7.11 Å². The Morgan fingerprint density at radius 1 is 1.22 bits per heavy atom. The van der Waals surface area contributed by atoms with Gasteiger partial charge in [0, 0.05) is 6.42 Å². The minimum atomic E-state index is -1.17. The van der Waals surface area contributed by atoms with Crippen molar-refractivity contribution < 1.29 is 29.0 Å². The van der Waals surface area contributed by atoms with Gasteiger partial charge in [-0.25, -0.2) is 14.4 Å². The molecular formula is C11H17NO6. The summed E-state index contributed by atoms with van der Waals surface area (Å²) in [7, 11) is 1.18. The summed E-state index contributed by atoms with van der Waals surface area (Å²) in [5.74, 6) is -1.81. The minimum Gasteiger partial charge on any atom is -0.480 e. The highest BCUT2D eigenvalue weighted by Gasteiger charge is 2.51. The molecule has 2 atom stereocenters. The van der Waals surface area contributed by atoms with E-state index in [1.807, 2.05) is 0 Å². The second kappa shape index (κ2) is 4.83. The van der Waals surface area contributed by atoms with Crippen LogP contribution in [0.5, 0.6) is 0 Å². The predicted octanol–water partition coefficient (Wildman–Crippen LogP) is 0.622. The molecule has 1 rings (SSSR count). The molecule has 1 fully saturated rings. The number of nitrogens with zero attached hydrogens (tertiary/aromatic N) is 1. The van der Waals surface area contributed by atoms with Gasteiger partial charge in [-0.2, -0.15) is 0 Å². The zero-order valence-electron chi connectivity index (χ0n) is 10.8. The highest BCUT2D eigenvalue weighted by atomic mass is 16.6. The van der Waals surface area contributed by atoms with Gasteiger partial charge in [-0.3, -0.25) is 4.90 Å². The van der Waals surface area contributed by atoms with Crippen LogP contribution < -0.4 is 0 Å². The average Bonchev–Trinajstić information content (AvgIpc) is 2.11. The number of esters is 1. The normalized spacial score (nSPS) is 23.0. The first-order valence-electron chi connectivity index (χ1n) is 5.49. The van der Waals surface area contributed by atoms with Gasteiger partial charge in [-0.15, -0.1) is 0 Å². The molecule has 102 valence electrons. The number of ether oxygens (including phenoxy) is 2. The smallest absolute Gasteiger partial charge is 0.411 e. The third-order valence-electron chi connectivity index (χ3n) is 2.48. The summed E-state index contributed by atoms with van der Waals surface area (Å²) in [6, 6.07) is -1.92. The zero-order chi connectivity index (χ0) is 14.1. The Hall–Kier alpha value is -1.79. The monoisotopic (exact) mass is 259 g/mol. The lowest BCUT2D eigenvalue weighted by Gasteiger charge is -2.44. The molecule has 0 radical (unpaired) electrons. The molecule has 7 nitrogen and oxygen atoms in total. The van der Waals surface area contributed by atoms with Crippen LogP contribution in [-0.4, -0.2) is 52.8 Å². The quantitative estimate of drug-likeness (QED) is 0.731. The Balaban J connectivity index is 2.81. The molecule has 1 aliphatic heterocycles. The van der Waals surface area contributed by atoms with Crippen LogP contribution in [0.3, 0.4) is 0 Å². The minimum absolute atomic E-state index is 0.0429. The first kappa shape index (κ1) is 14.3. The van der Waals surface area contributed by atoms with E-state index in [1.165, 1.54) is 7.11 Å². The van der Waals surface area contributed by atoms with Gasteiger partial charge in [0.25, 0.3) is 0 Å². The lowest BCUT2D eigenvalue weighted by atomic mass is 9.93. The molecule has 7 heteroatoms. The number of hydrogen-bond donors (Lipinski definition) is 1. The van der Waals surface area contributed by atoms with Crippen molar-refractivity contribution >= 4 is 18.0 Å². The van der Waals surface area contributed by atoms with Gasteiger partial charge in [-0.1, -0.05) is 0 Å². The molecule has 18 heavy (non-hydrogen) atoms. The summed E-state index contributed by atoms with van der Waals surface area (Å²) in [5.41, 5.74) is -0.754. The molecule has 0 aromatic rings. The van der Waals surface area contributed by atoms with Crippen LogP contribution in [0.4, 0.5) is 4.79 Å². The second-order valence-corrected chi connectivity index (χ2v) is 5.02. The second-order valence-electron chi connectivity index (χ2n) is 5.02. The molecule has 1 N–H and O–H groups in total. The molecule has 0 bridgehead atoms. The van der Waals surface area contributed by atoms with Crippen LogP contribution in [0.25, 0.3) is 0 Å². The first-order chi connectivity index (χ1) is 8.17. The molecule has 2 unspecified atom stereocenters. The number of likely N-dealkylation sites (tertiary alicyclic amines) is 1. The van der Waals surface area contributed by atoms with Crippen molar-refractivity contribution in [1.82, 2.24) is 4.90 Å². The van der Waals surface area contributed by atoms with E-state index < -0.39 is 35.7 Å². The fourth-order valence-corrected chi connectivity index (χ4v) is 1.65. The molecule has 1 aliphatic rings. The van der Waals surface area contributed by atoms with E-state index in [4.69, 9.17) is 9.84 Å². The van der Waals surface area contributed by atoms with Crippen molar-refractivity contribution in [1.29, 1.82) is 0 Å². The van der Waals surface area contributed by atoms with Crippen LogP contribution in [-0.2, 0) is 19.1 Å². The molecule has 0 aromatic carbocycles. The first-order valence-corrected chi connectivity index (χ1v) is 5.49. The van der Waals surface area contributed by atoms with E-state index in [2.05, 4.69) is 4.74 Å². The maximum absolute atomic E-state index is 11.8. The topological polar surface area (TPSA) is 93.1 Å². The summed E-state index contributed by atoms with van der Waals surface area (Å²) < 4.78 is 9.57. The Morgan fingerprint density at radius 2 is 1.78 bits per heavy atom. The fourth-order valence-electron chi connectivity index (χ4n) is 1.65. The third-order valence-corrected chi connectivity index (χ3v) is 2.48. The number of carbonyl (C=O) groups is 3. The molecule has 1 amide bonds. The van der Waals surface area contributed by atoms with Gasteiger partial charge >= 0.3 is 18.0 Å². The summed E-state index contributed by atoms with van der Waals surface area (Å²) in [6.07, 6.45) is -0.780. The molecule has 0 spiro atoms. The average molecular weight is 259 g/mol. The number of amides is 1. The number of carboxylic acids is 1. The maximum atomic E-state index is 11.8. The standard InChI is InChI=1S/C11H17NO6/c1-11(2,3)18-10(16)12-6(8(13)14)5-7(12)9(15)17-4/h6-7H,5H2,1-4H3,(H,13,14). The Kier molecular flexibility index (Phi) is 3.83. The van der Waals surface area contributed by atoms with Gasteiger partial charge in [0.2, 0.25) is 0 Å². The summed E-state index contributed by atoms with van der Waals surface area (Å²) in [6.45, 7) is 4.98. The van der Waals surface area contributed by atoms with Gasteiger partial charge in [-0.05, 0) is 20.8 Å². The van der Waals surface area contributed by atoms with Crippen molar-refractivity contribution in [3.05, 3.63) is 0 Å². The Morgan fingerprint density at radius 3 is 2.17 bits per heavy atom. The van der Waals surface area contributed by atoms with Crippen molar-refractivity contribution in [2.24, 2.45) is 0 Å². The molecular weight excluding hydrogens is 242 g/mol. The highest BCUT2D eigenvalue weighted by molar-refractivity contribution is 5.90. The maximum Gasteiger partial charge on any atom is 0.411 e. The number of aliphatic carboxylic acids is 1. The number of hydrogen-bond acceptors (Lipinski definition) is 5. The van der Waals surface area contributed by atoms with Crippen molar-refractivity contribution in [2.45, 2.75) is 44.9 Å². The number of carbonyl (C=O) groups excluding carboxylic acids is 2. The molecule has 1 saturated heterocycles. The van der Waals surface area contributed by atoms with Gasteiger partial charge in [0.05, 0.1) is 7.11 Å². The summed E-state index contributed by atoms with van der Waals surface area (Å²) in [4.78, 5) is 35.0. The van der Waals surface area contributed by atoms with Crippen LogP contribution in [0, 0.1) is 0 Å². The zero-order valence-corrected chi connectivity index (χ0v) is 10.8. The van der Waals surface area contributed by atoms with E-state index in [0.717, 1.165) is 4.90 Å². The van der Waals surface area contributed by atoms with Crippen LogP contribution in [0.2, 0.25) is 0 Å². The van der Waals surface area contributed by atoms with Crippen LogP contribution in [0.1, 0.15) is 27.2 Å². The SMILES string of the molecule is COC(=O)C1CC(C(=O)O)N1C(=O)OC(C)(C)C. The Labute approximate surface area is 105 Å². The lowest BCUT2D eigenvalue weighted by molar-refractivity contribution is -0.164. The largest absolute Gasteiger partial charge is 0.480 e. The van der Waals surface area contributed by atoms with Gasteiger partial charge < -0.3 is 14.6 Å². The predicted molar refractivity (Wildman–Crippen MR) is 59.9 cm³/mol. The fraction of sp³-hybridized carbons (Fsp3) is 0.727. The van der Waals surface area contributed by atoms with E-state index in [-0.39, 0.29) is 6.42 Å². The summed E-state index contributed by atoms with van der Waals surface area (Å²) >= 11 is 0. The number of carboxylic acid groups (broad SMARTS) is 1. The number of methoxy groups -OCH3 is 1. The van der Waals surface area contributed by atoms with E-state index in [1.54, 1.807) is 20.8 Å². The summed E-state index contributed by atoms with van der Waals surface area (Å²) in [5, 5.41) is 8.92. The van der Waals surface area contributed by atoms with E-state index in [0.29, 0.717) is 0 Å². The molecule has 0 saturated carbocycles. The van der Waals surface area contributed by atoms with E-state index in [9.17, 15) is 14.4 Å². The van der Waals surface area contributed by atoms with Gasteiger partial charge in [0.15, 0.2) is 0 Å². The van der Waals surface area contributed by atoms with Crippen LogP contribution >= 0.6 is 0 Å². The third kappa shape index (κ3) is 2.91. The van der Waals surface area contributed by atoms with E-state index >= 15 is 0 Å². The lowest BCUT2D eigenvalue weighted by Crippen LogP contribution is -2.65. The number of rotatable bonds is 2. The molecule has 1 heterocycles. The van der Waals surface area contributed by atoms with Gasteiger partial charge in [0.1, 0.15) is 17.7 Å². The van der Waals surface area contributed by atoms with Crippen molar-refractivity contribution in [3.63, 3.8) is 0 Å². The Bertz CT molecular complexity index is 372. The molecule has 0 aliphatic carbocycles. The molecule has 0 aromatic heterocycles. The van der Waals surface area contributed by atoms with Crippen LogP contribution in [0.15, 0.2) is 0 Å². The highest BCUT2D eigenvalue weighted by Crippen LogP contribution is 2.29. The van der Waals surface area contributed by atoms with Crippen molar-refractivity contribution in [3.8, 4) is 0 Å².